The maximum Gasteiger partial charge on any atom is 0.524 e. The fourth-order valence-corrected chi connectivity index (χ4v) is 0.862. The molecule has 0 fully saturated rings. The van der Waals surface area contributed by atoms with Gasteiger partial charge in [0.2, 0.25) is 0 Å². The van der Waals surface area contributed by atoms with Crippen LogP contribution in [0, 0.1) is 0 Å². The molecular weight excluding hydrogens is 201 g/mol. The summed E-state index contributed by atoms with van der Waals surface area (Å²) in [7, 11) is -3.87. The van der Waals surface area contributed by atoms with Crippen molar-refractivity contribution in [3.05, 3.63) is 0 Å². The molecule has 0 aliphatic heterocycles. The van der Waals surface area contributed by atoms with Crippen molar-refractivity contribution in [3.8, 4) is 0 Å². The van der Waals surface area contributed by atoms with Crippen LogP contribution in [0.5, 0.6) is 0 Å². The topological polar surface area (TPSA) is 44.8 Å². The van der Waals surface area contributed by atoms with Crippen molar-refractivity contribution in [3.63, 3.8) is 0 Å². The van der Waals surface area contributed by atoms with E-state index in [4.69, 9.17) is 0 Å². The van der Waals surface area contributed by atoms with Gasteiger partial charge in [-0.2, -0.15) is 12.2 Å². The molecule has 0 bridgehead atoms. The summed E-state index contributed by atoms with van der Waals surface area (Å²) in [6.45, 7) is 0. The van der Waals surface area contributed by atoms with Gasteiger partial charge in [0.15, 0.2) is 0 Å². The molecule has 0 aromatic carbocycles. The number of phosphoric acid groups is 1. The van der Waals surface area contributed by atoms with E-state index in [1.807, 2.05) is 0 Å². The van der Waals surface area contributed by atoms with Gasteiger partial charge in [-0.15, -0.1) is 0 Å². The Hall–Kier alpha value is 0.980. The lowest BCUT2D eigenvalue weighted by Gasteiger charge is -1.99. The van der Waals surface area contributed by atoms with Gasteiger partial charge in [0.05, 0.1) is 35.6 Å². The Kier molecular flexibility index (Phi) is 4.38. The van der Waals surface area contributed by atoms with Crippen LogP contribution in [0.4, 0.5) is 0 Å². The second-order valence-corrected chi connectivity index (χ2v) is 3.20. The molecule has 4 nitrogen and oxygen atoms in total. The van der Waals surface area contributed by atoms with E-state index in [1.165, 1.54) is 0 Å². The zero-order valence-electron chi connectivity index (χ0n) is 3.21. The minimum Gasteiger partial charge on any atom is -0.224 e. The summed E-state index contributed by atoms with van der Waals surface area (Å²) in [6, 6.07) is 0. The molecule has 0 heterocycles. The van der Waals surface area contributed by atoms with Crippen molar-refractivity contribution in [1.82, 2.24) is 0 Å². The normalized spacial score (nSPS) is 11.9. The van der Waals surface area contributed by atoms with Crippen LogP contribution in [0.1, 0.15) is 0 Å². The second kappa shape index (κ2) is 3.90. The summed E-state index contributed by atoms with van der Waals surface area (Å²) in [6.07, 6.45) is 0. The van der Waals surface area contributed by atoms with Crippen molar-refractivity contribution in [2.45, 2.75) is 0 Å². The zero-order valence-corrected chi connectivity index (χ0v) is 6.38. The lowest BCUT2D eigenvalue weighted by Crippen LogP contribution is -1.77. The van der Waals surface area contributed by atoms with Gasteiger partial charge >= 0.3 is 7.82 Å². The van der Waals surface area contributed by atoms with Crippen molar-refractivity contribution < 1.29 is 16.8 Å². The van der Waals surface area contributed by atoms with E-state index in [-0.39, 0.29) is 0 Å². The first kappa shape index (κ1) is 8.98. The summed E-state index contributed by atoms with van der Waals surface area (Å²) in [5.41, 5.74) is 0. The summed E-state index contributed by atoms with van der Waals surface area (Å²) in [5.74, 6) is 0. The largest absolute Gasteiger partial charge is 0.524 e. The van der Waals surface area contributed by atoms with Crippen LogP contribution in [0.3, 0.4) is 0 Å². The number of hydrogen-bond donors (Lipinski definition) is 0. The van der Waals surface area contributed by atoms with Gasteiger partial charge in [-0.1, -0.05) is 0 Å². The van der Waals surface area contributed by atoms with Crippen LogP contribution in [0.15, 0.2) is 0 Å². The maximum atomic E-state index is 10.3. The van der Waals surface area contributed by atoms with Gasteiger partial charge in [-0.25, -0.2) is 4.57 Å². The average Bonchev–Trinajstić information content (AvgIpc) is 1.87. The van der Waals surface area contributed by atoms with Gasteiger partial charge in [0.1, 0.15) is 0 Å². The molecule has 0 rings (SSSR count). The second-order valence-electron chi connectivity index (χ2n) is 0.654. The zero-order chi connectivity index (χ0) is 6.62. The first-order chi connectivity index (χ1) is 3.68. The van der Waals surface area contributed by atoms with Gasteiger partial charge < -0.3 is 0 Å². The van der Waals surface area contributed by atoms with E-state index in [0.717, 1.165) is 0 Å². The van der Waals surface area contributed by atoms with E-state index >= 15 is 0 Å². The van der Waals surface area contributed by atoms with E-state index in [9.17, 15) is 4.57 Å². The highest BCUT2D eigenvalue weighted by Gasteiger charge is 2.26. The fraction of sp³-hybridized carbons (Fsp3) is 0. The third kappa shape index (κ3) is 2.51. The molecular formula is Cl3O4P. The quantitative estimate of drug-likeness (QED) is 0.658. The summed E-state index contributed by atoms with van der Waals surface area (Å²) >= 11 is 13.6. The molecule has 0 radical (unpaired) electrons. The number of hydrogen-bond acceptors (Lipinski definition) is 4. The Bertz CT molecular complexity index is 82.4. The Labute approximate surface area is 60.7 Å². The highest BCUT2D eigenvalue weighted by atomic mass is 35.5. The molecule has 0 unspecified atom stereocenters. The Morgan fingerprint density at radius 3 is 1.25 bits per heavy atom. The van der Waals surface area contributed by atoms with Gasteiger partial charge in [-0.05, 0) is 0 Å². The SMILES string of the molecule is O=P(OCl)(OCl)OCl. The first-order valence-electron chi connectivity index (χ1n) is 1.19. The monoisotopic (exact) mass is 200 g/mol. The molecule has 0 atom stereocenters. The van der Waals surface area contributed by atoms with Crippen LogP contribution in [0.25, 0.3) is 0 Å². The van der Waals surface area contributed by atoms with Crippen molar-refractivity contribution in [2.75, 3.05) is 0 Å². The fourth-order valence-electron chi connectivity index (χ4n) is 0.0319. The van der Waals surface area contributed by atoms with E-state index in [1.54, 1.807) is 0 Å². The molecule has 0 N–H and O–H groups in total. The van der Waals surface area contributed by atoms with Crippen LogP contribution in [-0.4, -0.2) is 0 Å². The standard InChI is InChI=1S/Cl3O4P/c1-5-8(4,6-2)7-3. The average molecular weight is 201 g/mol. The van der Waals surface area contributed by atoms with Crippen LogP contribution in [-0.2, 0) is 16.8 Å². The van der Waals surface area contributed by atoms with E-state index < -0.39 is 7.82 Å². The van der Waals surface area contributed by atoms with Crippen LogP contribution < -0.4 is 0 Å². The third-order valence-electron chi connectivity index (χ3n) is 0.254. The first-order valence-corrected chi connectivity index (χ1v) is 3.58. The van der Waals surface area contributed by atoms with Gasteiger partial charge in [0.25, 0.3) is 0 Å². The highest BCUT2D eigenvalue weighted by Crippen LogP contribution is 2.52. The number of halogens is 3. The summed E-state index contributed by atoms with van der Waals surface area (Å²) in [5, 5.41) is 0. The van der Waals surface area contributed by atoms with Crippen LogP contribution in [0.2, 0.25) is 0 Å². The number of rotatable bonds is 3. The van der Waals surface area contributed by atoms with Crippen molar-refractivity contribution in [1.29, 1.82) is 0 Å². The Morgan fingerprint density at radius 2 is 1.25 bits per heavy atom. The van der Waals surface area contributed by atoms with Gasteiger partial charge in [0, 0.05) is 0 Å². The maximum absolute atomic E-state index is 10.3. The lowest BCUT2D eigenvalue weighted by molar-refractivity contribution is 0.329. The Morgan fingerprint density at radius 1 is 1.00 bits per heavy atom. The predicted octanol–water partition coefficient (Wildman–Crippen LogP) is 2.61. The molecule has 0 spiro atoms. The minimum absolute atomic E-state index is 3.56. The smallest absolute Gasteiger partial charge is 0.224 e. The summed E-state index contributed by atoms with van der Waals surface area (Å²) < 4.78 is 20.9. The highest BCUT2D eigenvalue weighted by molar-refractivity contribution is 7.51. The molecule has 0 saturated heterocycles. The van der Waals surface area contributed by atoms with E-state index in [2.05, 4.69) is 47.8 Å². The molecule has 0 saturated carbocycles. The molecule has 50 valence electrons. The van der Waals surface area contributed by atoms with Gasteiger partial charge in [-0.3, -0.25) is 0 Å². The molecule has 0 aliphatic carbocycles. The molecule has 0 amide bonds. The van der Waals surface area contributed by atoms with Crippen molar-refractivity contribution >= 4 is 43.4 Å². The third-order valence-corrected chi connectivity index (χ3v) is 2.28. The molecule has 8 heteroatoms. The van der Waals surface area contributed by atoms with Crippen LogP contribution >= 0.6 is 43.4 Å². The lowest BCUT2D eigenvalue weighted by atomic mass is 15.7. The molecule has 8 heavy (non-hydrogen) atoms. The van der Waals surface area contributed by atoms with Crippen molar-refractivity contribution in [2.24, 2.45) is 0 Å². The minimum atomic E-state index is -3.87. The molecule has 0 aromatic rings. The molecule has 0 aliphatic rings. The predicted molar refractivity (Wildman–Crippen MR) is 28.4 cm³/mol. The Balaban J connectivity index is 3.79. The van der Waals surface area contributed by atoms with E-state index in [0.29, 0.717) is 0 Å². The molecule has 0 aromatic heterocycles. The summed E-state index contributed by atoms with van der Waals surface area (Å²) in [4.78, 5) is 0.